The Balaban J connectivity index is 1.53. The molecule has 0 saturated heterocycles. The van der Waals surface area contributed by atoms with Gasteiger partial charge in [-0.2, -0.15) is 0 Å². The second-order valence-corrected chi connectivity index (χ2v) is 7.63. The maximum atomic E-state index is 13.0. The van der Waals surface area contributed by atoms with E-state index in [1.54, 1.807) is 72.8 Å². The first-order valence-electron chi connectivity index (χ1n) is 10.0. The zero-order chi connectivity index (χ0) is 22.0. The van der Waals surface area contributed by atoms with E-state index in [9.17, 15) is 19.5 Å². The number of imide groups is 1. The molecule has 1 aliphatic heterocycles. The van der Waals surface area contributed by atoms with Crippen LogP contribution < -0.4 is 4.90 Å². The van der Waals surface area contributed by atoms with E-state index in [1.807, 2.05) is 6.07 Å². The fourth-order valence-electron chi connectivity index (χ4n) is 4.36. The minimum atomic E-state index is -0.420. The molecule has 0 unspecified atom stereocenters. The fraction of sp³-hybridized carbons (Fsp3) is 0. The van der Waals surface area contributed by atoms with Gasteiger partial charge in [0.05, 0.1) is 33.6 Å². The highest BCUT2D eigenvalue weighted by molar-refractivity contribution is 6.39. The van der Waals surface area contributed by atoms with Gasteiger partial charge in [-0.05, 0) is 24.3 Å². The minimum absolute atomic E-state index is 0.102. The molecule has 3 aromatic carbocycles. The van der Waals surface area contributed by atoms with Gasteiger partial charge in [0.2, 0.25) is 0 Å². The van der Waals surface area contributed by atoms with Crippen molar-refractivity contribution >= 4 is 45.5 Å². The molecule has 2 amide bonds. The molecule has 32 heavy (non-hydrogen) atoms. The number of anilines is 1. The second-order valence-electron chi connectivity index (χ2n) is 7.63. The van der Waals surface area contributed by atoms with Crippen LogP contribution in [0.4, 0.5) is 5.69 Å². The zero-order valence-electron chi connectivity index (χ0n) is 16.6. The molecule has 1 aromatic heterocycles. The van der Waals surface area contributed by atoms with Crippen LogP contribution >= 0.6 is 0 Å². The molecular formula is C26H14N2O4. The van der Waals surface area contributed by atoms with E-state index in [0.717, 1.165) is 4.90 Å². The van der Waals surface area contributed by atoms with Crippen LogP contribution in [0.5, 0.6) is 0 Å². The molecule has 0 spiro atoms. The number of amides is 2. The molecule has 0 bridgehead atoms. The number of Topliss-reactive ketones (excluding diaryl/α,β-unsaturated/α-hetero) is 1. The van der Waals surface area contributed by atoms with Crippen LogP contribution in [0.2, 0.25) is 0 Å². The van der Waals surface area contributed by atoms with E-state index in [2.05, 4.69) is 4.98 Å². The number of hydrogen-bond acceptors (Lipinski definition) is 5. The van der Waals surface area contributed by atoms with Gasteiger partial charge in [-0.1, -0.05) is 54.6 Å². The van der Waals surface area contributed by atoms with Crippen molar-refractivity contribution in [1.82, 2.24) is 4.98 Å². The molecular weight excluding hydrogens is 404 g/mol. The lowest BCUT2D eigenvalue weighted by Gasteiger charge is -2.16. The maximum absolute atomic E-state index is 13.0. The van der Waals surface area contributed by atoms with Gasteiger partial charge in [0, 0.05) is 16.5 Å². The van der Waals surface area contributed by atoms with Crippen LogP contribution in [0.1, 0.15) is 42.3 Å². The predicted octanol–water partition coefficient (Wildman–Crippen LogP) is 4.66. The smallest absolute Gasteiger partial charge is 0.266 e. The molecule has 2 heterocycles. The number of allylic oxidation sites excluding steroid dienone is 1. The standard InChI is InChI=1S/C26H14N2O4/c29-23-15-7-1-2-8-16(15)24(30)21(23)19-13-12-14-6-5-11-20(22(14)27-19)28-25(31)17-9-3-4-10-18(17)26(28)32/h1-13,29H. The van der Waals surface area contributed by atoms with Gasteiger partial charge in [0.1, 0.15) is 5.76 Å². The first-order valence-corrected chi connectivity index (χ1v) is 10.0. The Kier molecular flexibility index (Phi) is 3.67. The lowest BCUT2D eigenvalue weighted by Crippen LogP contribution is -2.29. The number of pyridine rings is 1. The highest BCUT2D eigenvalue weighted by atomic mass is 16.3. The molecule has 6 nitrogen and oxygen atoms in total. The number of ketones is 1. The van der Waals surface area contributed by atoms with Gasteiger partial charge < -0.3 is 5.11 Å². The summed E-state index contributed by atoms with van der Waals surface area (Å²) in [5.41, 5.74) is 2.66. The van der Waals surface area contributed by atoms with Crippen LogP contribution in [-0.2, 0) is 0 Å². The third-order valence-electron chi connectivity index (χ3n) is 5.88. The third kappa shape index (κ3) is 2.34. The number of benzene rings is 3. The van der Waals surface area contributed by atoms with E-state index in [-0.39, 0.29) is 22.8 Å². The molecule has 0 saturated carbocycles. The van der Waals surface area contributed by atoms with Gasteiger partial charge in [-0.15, -0.1) is 0 Å². The van der Waals surface area contributed by atoms with Crippen LogP contribution in [0.25, 0.3) is 22.2 Å². The van der Waals surface area contributed by atoms with E-state index in [0.29, 0.717) is 38.8 Å². The van der Waals surface area contributed by atoms with E-state index in [1.165, 1.54) is 0 Å². The van der Waals surface area contributed by atoms with E-state index in [4.69, 9.17) is 0 Å². The van der Waals surface area contributed by atoms with Crippen molar-refractivity contribution in [3.63, 3.8) is 0 Å². The summed E-state index contributed by atoms with van der Waals surface area (Å²) in [4.78, 5) is 44.7. The van der Waals surface area contributed by atoms with Crippen molar-refractivity contribution in [3.05, 3.63) is 107 Å². The van der Waals surface area contributed by atoms with Crippen LogP contribution in [-0.4, -0.2) is 27.7 Å². The number of para-hydroxylation sites is 1. The first kappa shape index (κ1) is 18.2. The van der Waals surface area contributed by atoms with Crippen LogP contribution in [0, 0.1) is 0 Å². The summed E-state index contributed by atoms with van der Waals surface area (Å²) in [6.45, 7) is 0. The molecule has 0 radical (unpaired) electrons. The zero-order valence-corrected chi connectivity index (χ0v) is 16.6. The van der Waals surface area contributed by atoms with Crippen LogP contribution in [0.15, 0.2) is 78.9 Å². The molecule has 6 heteroatoms. The van der Waals surface area contributed by atoms with Gasteiger partial charge in [0.25, 0.3) is 11.8 Å². The third-order valence-corrected chi connectivity index (χ3v) is 5.88. The molecule has 2 aliphatic rings. The van der Waals surface area contributed by atoms with Crippen molar-refractivity contribution in [2.24, 2.45) is 0 Å². The highest BCUT2D eigenvalue weighted by Crippen LogP contribution is 2.38. The molecule has 4 aromatic rings. The number of nitrogens with zero attached hydrogens (tertiary/aromatic N) is 2. The summed E-state index contributed by atoms with van der Waals surface area (Å²) >= 11 is 0. The largest absolute Gasteiger partial charge is 0.506 e. The van der Waals surface area contributed by atoms with E-state index < -0.39 is 11.8 Å². The normalized spacial score (nSPS) is 15.0. The fourth-order valence-corrected chi connectivity index (χ4v) is 4.36. The second kappa shape index (κ2) is 6.46. The summed E-state index contributed by atoms with van der Waals surface area (Å²) in [5, 5.41) is 11.4. The van der Waals surface area contributed by atoms with Crippen molar-refractivity contribution in [3.8, 4) is 0 Å². The minimum Gasteiger partial charge on any atom is -0.506 e. The predicted molar refractivity (Wildman–Crippen MR) is 120 cm³/mol. The quantitative estimate of drug-likeness (QED) is 0.479. The average Bonchev–Trinajstić information content (AvgIpc) is 3.23. The number of carbonyl (C=O) groups is 3. The highest BCUT2D eigenvalue weighted by Gasteiger charge is 2.37. The number of aromatic nitrogens is 1. The van der Waals surface area contributed by atoms with Crippen LogP contribution in [0.3, 0.4) is 0 Å². The first-order chi connectivity index (χ1) is 15.6. The lowest BCUT2D eigenvalue weighted by molar-refractivity contribution is 0.0925. The molecule has 1 aliphatic carbocycles. The summed E-state index contributed by atoms with van der Waals surface area (Å²) in [5.74, 6) is -1.28. The Labute approximate surface area is 182 Å². The molecule has 0 atom stereocenters. The SMILES string of the molecule is O=C1C(c2ccc3cccc(N4C(=O)c5ccccc5C4=O)c3n2)=C(O)c2ccccc21. The Morgan fingerprint density at radius 2 is 1.28 bits per heavy atom. The molecule has 6 rings (SSSR count). The summed E-state index contributed by atoms with van der Waals surface area (Å²) in [6, 6.07) is 22.1. The summed E-state index contributed by atoms with van der Waals surface area (Å²) in [7, 11) is 0. The number of hydrogen-bond donors (Lipinski definition) is 1. The Bertz CT molecular complexity index is 1520. The number of rotatable bonds is 2. The topological polar surface area (TPSA) is 87.6 Å². The Hall–Kier alpha value is -4.58. The van der Waals surface area contributed by atoms with Gasteiger partial charge >= 0.3 is 0 Å². The Morgan fingerprint density at radius 3 is 1.94 bits per heavy atom. The van der Waals surface area contributed by atoms with Crippen molar-refractivity contribution in [2.75, 3.05) is 4.90 Å². The average molecular weight is 418 g/mol. The molecule has 152 valence electrons. The number of carbonyl (C=O) groups excluding carboxylic acids is 3. The number of fused-ring (bicyclic) bond motifs is 3. The molecule has 1 N–H and O–H groups in total. The number of aliphatic hydroxyl groups is 1. The van der Waals surface area contributed by atoms with E-state index >= 15 is 0 Å². The van der Waals surface area contributed by atoms with Gasteiger partial charge in [-0.3, -0.25) is 14.4 Å². The lowest BCUT2D eigenvalue weighted by atomic mass is 10.0. The summed E-state index contributed by atoms with van der Waals surface area (Å²) in [6.07, 6.45) is 0. The monoisotopic (exact) mass is 418 g/mol. The van der Waals surface area contributed by atoms with Crippen molar-refractivity contribution in [1.29, 1.82) is 0 Å². The van der Waals surface area contributed by atoms with Gasteiger partial charge in [0.15, 0.2) is 5.78 Å². The van der Waals surface area contributed by atoms with Crippen molar-refractivity contribution < 1.29 is 19.5 Å². The van der Waals surface area contributed by atoms with Crippen molar-refractivity contribution in [2.45, 2.75) is 0 Å². The van der Waals surface area contributed by atoms with Gasteiger partial charge in [-0.25, -0.2) is 9.88 Å². The molecule has 0 fully saturated rings. The summed E-state index contributed by atoms with van der Waals surface area (Å²) < 4.78 is 0. The Morgan fingerprint density at radius 1 is 0.656 bits per heavy atom. The maximum Gasteiger partial charge on any atom is 0.266 e. The number of aliphatic hydroxyl groups excluding tert-OH is 1.